The Bertz CT molecular complexity index is 814. The molecule has 2 amide bonds. The van der Waals surface area contributed by atoms with E-state index >= 15 is 0 Å². The number of nitrogens with zero attached hydrogens (tertiary/aromatic N) is 2. The van der Waals surface area contributed by atoms with Gasteiger partial charge < -0.3 is 15.4 Å². The number of allylic oxidation sites excluding steroid dienone is 2. The second-order valence-electron chi connectivity index (χ2n) is 8.22. The highest BCUT2D eigenvalue weighted by atomic mass is 127. The molecular weight excluding hydrogens is 507 g/mol. The number of rotatable bonds is 8. The van der Waals surface area contributed by atoms with E-state index in [9.17, 15) is 9.59 Å². The van der Waals surface area contributed by atoms with E-state index in [1.807, 2.05) is 44.2 Å². The van der Waals surface area contributed by atoms with Gasteiger partial charge in [0.25, 0.3) is 0 Å². The van der Waals surface area contributed by atoms with Crippen LogP contribution in [0.15, 0.2) is 47.5 Å². The summed E-state index contributed by atoms with van der Waals surface area (Å²) >= 11 is 0. The number of fused-ring (bicyclic) bond motifs is 5. The van der Waals surface area contributed by atoms with Gasteiger partial charge in [0.1, 0.15) is 11.9 Å². The van der Waals surface area contributed by atoms with Gasteiger partial charge in [-0.15, -0.1) is 24.0 Å². The molecule has 1 aromatic carbocycles. The van der Waals surface area contributed by atoms with Crippen molar-refractivity contribution in [2.75, 3.05) is 26.2 Å². The predicted octanol–water partition coefficient (Wildman–Crippen LogP) is 2.43. The van der Waals surface area contributed by atoms with Gasteiger partial charge in [-0.1, -0.05) is 30.4 Å². The van der Waals surface area contributed by atoms with Crippen LogP contribution >= 0.6 is 24.0 Å². The average molecular weight is 538 g/mol. The number of carbonyl (C=O) groups excluding carboxylic acids is 2. The molecule has 168 valence electrons. The smallest absolute Gasteiger partial charge is 0.233 e. The van der Waals surface area contributed by atoms with Crippen LogP contribution < -0.4 is 15.4 Å². The summed E-state index contributed by atoms with van der Waals surface area (Å²) < 4.78 is 5.86. The molecule has 4 rings (SSSR count). The Hall–Kier alpha value is -2.10. The molecule has 8 heteroatoms. The van der Waals surface area contributed by atoms with Crippen molar-refractivity contribution in [3.05, 3.63) is 42.5 Å². The molecule has 2 bridgehead atoms. The van der Waals surface area contributed by atoms with E-state index < -0.39 is 0 Å². The summed E-state index contributed by atoms with van der Waals surface area (Å²) in [6.07, 6.45) is 5.12. The van der Waals surface area contributed by atoms with Crippen LogP contribution in [0.1, 0.15) is 20.3 Å². The minimum Gasteiger partial charge on any atom is -0.489 e. The predicted molar refractivity (Wildman–Crippen MR) is 130 cm³/mol. The van der Waals surface area contributed by atoms with Crippen molar-refractivity contribution in [2.45, 2.75) is 26.4 Å². The van der Waals surface area contributed by atoms with Crippen LogP contribution in [0.2, 0.25) is 0 Å². The van der Waals surface area contributed by atoms with Gasteiger partial charge in [-0.3, -0.25) is 14.5 Å². The molecule has 5 unspecified atom stereocenters. The fraction of sp³-hybridized carbons (Fsp3) is 0.522. The Balaban J connectivity index is 0.00000272. The Morgan fingerprint density at radius 1 is 1.13 bits per heavy atom. The maximum absolute atomic E-state index is 12.8. The minimum absolute atomic E-state index is 0. The number of halogens is 1. The zero-order valence-corrected chi connectivity index (χ0v) is 20.3. The van der Waals surface area contributed by atoms with Gasteiger partial charge in [0.15, 0.2) is 5.96 Å². The van der Waals surface area contributed by atoms with E-state index in [1.165, 1.54) is 4.90 Å². The second kappa shape index (κ2) is 10.5. The first kappa shape index (κ1) is 23.6. The van der Waals surface area contributed by atoms with Gasteiger partial charge in [-0.05, 0) is 44.2 Å². The number of likely N-dealkylation sites (tertiary alicyclic amines) is 1. The Morgan fingerprint density at radius 3 is 2.39 bits per heavy atom. The van der Waals surface area contributed by atoms with Crippen LogP contribution in [0.25, 0.3) is 0 Å². The average Bonchev–Trinajstić information content (AvgIpc) is 3.42. The number of guanidine groups is 1. The molecule has 1 heterocycles. The highest BCUT2D eigenvalue weighted by Crippen LogP contribution is 2.52. The molecule has 5 atom stereocenters. The number of para-hydroxylation sites is 1. The molecular formula is C23H31IN4O3. The van der Waals surface area contributed by atoms with Crippen LogP contribution in [0.3, 0.4) is 0 Å². The van der Waals surface area contributed by atoms with E-state index in [0.29, 0.717) is 25.6 Å². The van der Waals surface area contributed by atoms with Crippen LogP contribution in [-0.4, -0.2) is 55.0 Å². The first-order chi connectivity index (χ1) is 14.6. The number of imide groups is 1. The molecule has 3 aliphatic rings. The molecule has 7 nitrogen and oxygen atoms in total. The Labute approximate surface area is 200 Å². The van der Waals surface area contributed by atoms with E-state index in [-0.39, 0.29) is 65.6 Å². The highest BCUT2D eigenvalue weighted by molar-refractivity contribution is 14.0. The Morgan fingerprint density at radius 2 is 1.77 bits per heavy atom. The summed E-state index contributed by atoms with van der Waals surface area (Å²) in [6.45, 7) is 6.02. The summed E-state index contributed by atoms with van der Waals surface area (Å²) in [4.78, 5) is 31.5. The molecule has 0 aromatic heterocycles. The van der Waals surface area contributed by atoms with E-state index in [2.05, 4.69) is 27.8 Å². The van der Waals surface area contributed by atoms with Crippen LogP contribution in [0.5, 0.6) is 5.75 Å². The topological polar surface area (TPSA) is 83.0 Å². The fourth-order valence-electron chi connectivity index (χ4n) is 4.80. The van der Waals surface area contributed by atoms with Crippen molar-refractivity contribution in [1.29, 1.82) is 0 Å². The fourth-order valence-corrected chi connectivity index (χ4v) is 4.80. The van der Waals surface area contributed by atoms with Crippen LogP contribution in [-0.2, 0) is 9.59 Å². The first-order valence-corrected chi connectivity index (χ1v) is 10.9. The minimum atomic E-state index is -0.134. The molecule has 31 heavy (non-hydrogen) atoms. The maximum atomic E-state index is 12.8. The van der Waals surface area contributed by atoms with Gasteiger partial charge in [-0.25, -0.2) is 4.99 Å². The summed E-state index contributed by atoms with van der Waals surface area (Å²) in [5.41, 5.74) is 0. The number of nitrogens with one attached hydrogen (secondary N) is 2. The maximum Gasteiger partial charge on any atom is 0.233 e. The lowest BCUT2D eigenvalue weighted by Gasteiger charge is -2.19. The van der Waals surface area contributed by atoms with Gasteiger partial charge in [0.2, 0.25) is 11.8 Å². The second-order valence-corrected chi connectivity index (χ2v) is 8.22. The van der Waals surface area contributed by atoms with Crippen molar-refractivity contribution >= 4 is 41.8 Å². The molecule has 2 N–H and O–H groups in total. The number of amides is 2. The third-order valence-electron chi connectivity index (χ3n) is 6.12. The summed E-state index contributed by atoms with van der Waals surface area (Å²) in [7, 11) is 0. The van der Waals surface area contributed by atoms with Crippen molar-refractivity contribution in [3.8, 4) is 5.75 Å². The zero-order chi connectivity index (χ0) is 21.1. The van der Waals surface area contributed by atoms with Crippen LogP contribution in [0, 0.1) is 23.7 Å². The SMILES string of the molecule is CCNC(=NCC(C)Oc1ccccc1)NCCN1C(=O)C2C3C=CC(C3)C2C1=O.I. The number of hydrogen-bond donors (Lipinski definition) is 2. The van der Waals surface area contributed by atoms with Crippen molar-refractivity contribution in [3.63, 3.8) is 0 Å². The normalized spacial score (nSPS) is 27.2. The largest absolute Gasteiger partial charge is 0.489 e. The number of ether oxygens (including phenoxy) is 1. The lowest BCUT2D eigenvalue weighted by Crippen LogP contribution is -2.44. The molecule has 0 radical (unpaired) electrons. The summed E-state index contributed by atoms with van der Waals surface area (Å²) in [5, 5.41) is 6.43. The molecule has 1 aromatic rings. The van der Waals surface area contributed by atoms with Gasteiger partial charge >= 0.3 is 0 Å². The summed E-state index contributed by atoms with van der Waals surface area (Å²) in [5.74, 6) is 1.70. The van der Waals surface area contributed by atoms with E-state index in [4.69, 9.17) is 4.74 Å². The molecule has 1 saturated heterocycles. The van der Waals surface area contributed by atoms with E-state index in [0.717, 1.165) is 18.7 Å². The van der Waals surface area contributed by atoms with Gasteiger partial charge in [0, 0.05) is 19.6 Å². The highest BCUT2D eigenvalue weighted by Gasteiger charge is 2.58. The number of aliphatic imine (C=N–C) groups is 1. The zero-order valence-electron chi connectivity index (χ0n) is 18.0. The Kier molecular flexibility index (Phi) is 7.96. The molecule has 0 spiro atoms. The molecule has 1 saturated carbocycles. The first-order valence-electron chi connectivity index (χ1n) is 10.9. The molecule has 2 aliphatic carbocycles. The third kappa shape index (κ3) is 5.05. The third-order valence-corrected chi connectivity index (χ3v) is 6.12. The lowest BCUT2D eigenvalue weighted by molar-refractivity contribution is -0.140. The van der Waals surface area contributed by atoms with Crippen molar-refractivity contribution < 1.29 is 14.3 Å². The van der Waals surface area contributed by atoms with Gasteiger partial charge in [-0.2, -0.15) is 0 Å². The number of hydrogen-bond acceptors (Lipinski definition) is 4. The monoisotopic (exact) mass is 538 g/mol. The molecule has 2 fully saturated rings. The van der Waals surface area contributed by atoms with Crippen molar-refractivity contribution in [2.24, 2.45) is 28.7 Å². The number of carbonyl (C=O) groups is 2. The molecule has 1 aliphatic heterocycles. The van der Waals surface area contributed by atoms with Crippen LogP contribution in [0.4, 0.5) is 0 Å². The quantitative estimate of drug-likeness (QED) is 0.175. The standard InChI is InChI=1S/C23H30N4O3.HI/c1-3-24-23(26-14-15(2)30-18-7-5-4-6-8-18)25-11-12-27-21(28)19-16-9-10-17(13-16)20(19)22(27)29;/h4-10,15-17,19-20H,3,11-14H2,1-2H3,(H2,24,25,26);1H. The van der Waals surface area contributed by atoms with E-state index in [1.54, 1.807) is 0 Å². The lowest BCUT2D eigenvalue weighted by atomic mass is 9.85. The van der Waals surface area contributed by atoms with Crippen molar-refractivity contribution in [1.82, 2.24) is 15.5 Å². The number of benzene rings is 1. The van der Waals surface area contributed by atoms with Gasteiger partial charge in [0.05, 0.1) is 18.4 Å². The summed E-state index contributed by atoms with van der Waals surface area (Å²) in [6, 6.07) is 9.67.